The largest absolute Gasteiger partial charge is 0.484 e. The van der Waals surface area contributed by atoms with Gasteiger partial charge in [-0.25, -0.2) is 4.98 Å². The van der Waals surface area contributed by atoms with E-state index in [1.807, 2.05) is 35.2 Å². The third-order valence-corrected chi connectivity index (χ3v) is 5.32. The molecule has 4 rings (SSSR count). The Labute approximate surface area is 153 Å². The summed E-state index contributed by atoms with van der Waals surface area (Å²) in [4.78, 5) is 21.4. The van der Waals surface area contributed by atoms with Crippen LogP contribution in [0.1, 0.15) is 42.1 Å². The van der Waals surface area contributed by atoms with Crippen LogP contribution >= 0.6 is 0 Å². The molecule has 0 atom stereocenters. The van der Waals surface area contributed by atoms with Crippen molar-refractivity contribution < 1.29 is 13.9 Å². The highest BCUT2D eigenvalue weighted by molar-refractivity contribution is 5.92. The van der Waals surface area contributed by atoms with Gasteiger partial charge in [-0.05, 0) is 25.0 Å². The van der Waals surface area contributed by atoms with Crippen LogP contribution in [0.25, 0.3) is 0 Å². The quantitative estimate of drug-likeness (QED) is 0.825. The number of hydrogen-bond acceptors (Lipinski definition) is 5. The van der Waals surface area contributed by atoms with Gasteiger partial charge in [0, 0.05) is 32.2 Å². The van der Waals surface area contributed by atoms with Crippen LogP contribution in [0.15, 0.2) is 41.0 Å². The predicted molar refractivity (Wildman–Crippen MR) is 97.0 cm³/mol. The van der Waals surface area contributed by atoms with Gasteiger partial charge in [0.15, 0.2) is 12.3 Å². The number of para-hydroxylation sites is 1. The van der Waals surface area contributed by atoms with Crippen LogP contribution in [0, 0.1) is 0 Å². The van der Waals surface area contributed by atoms with Crippen LogP contribution in [0.2, 0.25) is 0 Å². The average Bonchev–Trinajstić information content (AvgIpc) is 3.39. The Morgan fingerprint density at radius 1 is 1.12 bits per heavy atom. The van der Waals surface area contributed by atoms with E-state index in [-0.39, 0.29) is 12.5 Å². The molecule has 1 amide bonds. The third-order valence-electron chi connectivity index (χ3n) is 5.32. The molecule has 2 fully saturated rings. The standard InChI is InChI=1S/C20H25N3O3/c24-20(23-12-10-22(11-13-23)16-6-4-5-7-16)18-14-26-19(21-18)15-25-17-8-2-1-3-9-17/h1-3,8-9,14,16H,4-7,10-13,15H2. The highest BCUT2D eigenvalue weighted by Crippen LogP contribution is 2.24. The second kappa shape index (κ2) is 7.91. The van der Waals surface area contributed by atoms with E-state index in [4.69, 9.17) is 9.15 Å². The zero-order valence-electron chi connectivity index (χ0n) is 15.0. The minimum Gasteiger partial charge on any atom is -0.484 e. The molecule has 2 aromatic rings. The van der Waals surface area contributed by atoms with Crippen molar-refractivity contribution in [1.82, 2.24) is 14.8 Å². The van der Waals surface area contributed by atoms with Gasteiger partial charge in [0.1, 0.15) is 12.0 Å². The maximum Gasteiger partial charge on any atom is 0.275 e. The summed E-state index contributed by atoms with van der Waals surface area (Å²) in [6.07, 6.45) is 6.74. The molecule has 1 aliphatic carbocycles. The lowest BCUT2D eigenvalue weighted by molar-refractivity contribution is 0.0568. The van der Waals surface area contributed by atoms with Gasteiger partial charge in [-0.15, -0.1) is 0 Å². The van der Waals surface area contributed by atoms with Crippen molar-refractivity contribution in [3.63, 3.8) is 0 Å². The van der Waals surface area contributed by atoms with Gasteiger partial charge in [0.2, 0.25) is 5.89 Å². The minimum absolute atomic E-state index is 0.0502. The Hall–Kier alpha value is -2.34. The van der Waals surface area contributed by atoms with E-state index in [9.17, 15) is 4.79 Å². The molecule has 138 valence electrons. The Balaban J connectivity index is 1.29. The van der Waals surface area contributed by atoms with Crippen molar-refractivity contribution in [2.75, 3.05) is 26.2 Å². The van der Waals surface area contributed by atoms with Gasteiger partial charge in [-0.3, -0.25) is 9.69 Å². The van der Waals surface area contributed by atoms with Crippen molar-refractivity contribution in [3.05, 3.63) is 48.2 Å². The fourth-order valence-electron chi connectivity index (χ4n) is 3.86. The number of aromatic nitrogens is 1. The molecule has 0 unspecified atom stereocenters. The van der Waals surface area contributed by atoms with Crippen LogP contribution in [0.4, 0.5) is 0 Å². The molecule has 0 bridgehead atoms. The number of nitrogens with zero attached hydrogens (tertiary/aromatic N) is 3. The van der Waals surface area contributed by atoms with Gasteiger partial charge in [-0.2, -0.15) is 0 Å². The molecule has 1 saturated carbocycles. The zero-order chi connectivity index (χ0) is 17.8. The summed E-state index contributed by atoms with van der Waals surface area (Å²) in [6.45, 7) is 3.65. The van der Waals surface area contributed by atoms with Crippen molar-refractivity contribution in [3.8, 4) is 5.75 Å². The lowest BCUT2D eigenvalue weighted by Crippen LogP contribution is -2.51. The minimum atomic E-state index is -0.0502. The lowest BCUT2D eigenvalue weighted by atomic mass is 10.2. The molecule has 1 aromatic heterocycles. The Morgan fingerprint density at radius 3 is 2.58 bits per heavy atom. The molecular formula is C20H25N3O3. The number of hydrogen-bond donors (Lipinski definition) is 0. The summed E-state index contributed by atoms with van der Waals surface area (Å²) in [7, 11) is 0. The molecule has 1 saturated heterocycles. The maximum atomic E-state index is 12.7. The third kappa shape index (κ3) is 3.90. The molecule has 6 heteroatoms. The van der Waals surface area contributed by atoms with Crippen LogP contribution in [0.3, 0.4) is 0 Å². The van der Waals surface area contributed by atoms with E-state index in [2.05, 4.69) is 9.88 Å². The van der Waals surface area contributed by atoms with Gasteiger partial charge in [0.25, 0.3) is 5.91 Å². The van der Waals surface area contributed by atoms with E-state index >= 15 is 0 Å². The number of amides is 1. The van der Waals surface area contributed by atoms with Crippen molar-refractivity contribution in [1.29, 1.82) is 0 Å². The first-order chi connectivity index (χ1) is 12.8. The molecule has 2 aliphatic rings. The van der Waals surface area contributed by atoms with Gasteiger partial charge in [-0.1, -0.05) is 31.0 Å². The van der Waals surface area contributed by atoms with Crippen molar-refractivity contribution >= 4 is 5.91 Å². The smallest absolute Gasteiger partial charge is 0.275 e. The molecule has 1 aromatic carbocycles. The summed E-state index contributed by atoms with van der Waals surface area (Å²) in [5, 5.41) is 0. The molecule has 1 aliphatic heterocycles. The van der Waals surface area contributed by atoms with Gasteiger partial charge in [0.05, 0.1) is 0 Å². The molecule has 0 spiro atoms. The highest BCUT2D eigenvalue weighted by atomic mass is 16.5. The SMILES string of the molecule is O=C(c1coc(COc2ccccc2)n1)N1CCN(C2CCCC2)CC1. The molecular weight excluding hydrogens is 330 g/mol. The van der Waals surface area contributed by atoms with Gasteiger partial charge < -0.3 is 14.1 Å². The van der Waals surface area contributed by atoms with Crippen LogP contribution in [-0.2, 0) is 6.61 Å². The number of benzene rings is 1. The molecule has 26 heavy (non-hydrogen) atoms. The first-order valence-corrected chi connectivity index (χ1v) is 9.45. The van der Waals surface area contributed by atoms with Crippen LogP contribution in [0.5, 0.6) is 5.75 Å². The lowest BCUT2D eigenvalue weighted by Gasteiger charge is -2.37. The van der Waals surface area contributed by atoms with E-state index in [1.54, 1.807) is 0 Å². The number of ether oxygens (including phenoxy) is 1. The Bertz CT molecular complexity index is 717. The van der Waals surface area contributed by atoms with Crippen molar-refractivity contribution in [2.45, 2.75) is 38.3 Å². The number of piperazine rings is 1. The number of carbonyl (C=O) groups excluding carboxylic acids is 1. The number of oxazole rings is 1. The second-order valence-electron chi connectivity index (χ2n) is 6.99. The second-order valence-corrected chi connectivity index (χ2v) is 6.99. The summed E-state index contributed by atoms with van der Waals surface area (Å²) in [5.41, 5.74) is 0.367. The zero-order valence-corrected chi connectivity index (χ0v) is 15.0. The Morgan fingerprint density at radius 2 is 1.85 bits per heavy atom. The summed E-state index contributed by atoms with van der Waals surface area (Å²) in [5.74, 6) is 1.12. The first-order valence-electron chi connectivity index (χ1n) is 9.45. The molecule has 0 N–H and O–H groups in total. The maximum absolute atomic E-state index is 12.7. The average molecular weight is 355 g/mol. The van der Waals surface area contributed by atoms with Crippen LogP contribution in [-0.4, -0.2) is 52.9 Å². The van der Waals surface area contributed by atoms with E-state index < -0.39 is 0 Å². The van der Waals surface area contributed by atoms with Crippen LogP contribution < -0.4 is 4.74 Å². The fourth-order valence-corrected chi connectivity index (χ4v) is 3.86. The highest BCUT2D eigenvalue weighted by Gasteiger charge is 2.29. The number of rotatable bonds is 5. The topological polar surface area (TPSA) is 58.8 Å². The molecule has 2 heterocycles. The summed E-state index contributed by atoms with van der Waals surface area (Å²) in [6, 6.07) is 10.2. The number of carbonyl (C=O) groups is 1. The van der Waals surface area contributed by atoms with E-state index in [0.717, 1.165) is 38.0 Å². The first kappa shape index (κ1) is 17.1. The molecule has 6 nitrogen and oxygen atoms in total. The van der Waals surface area contributed by atoms with E-state index in [1.165, 1.54) is 31.9 Å². The van der Waals surface area contributed by atoms with Crippen molar-refractivity contribution in [2.24, 2.45) is 0 Å². The summed E-state index contributed by atoms with van der Waals surface area (Å²) >= 11 is 0. The van der Waals surface area contributed by atoms with Gasteiger partial charge >= 0.3 is 0 Å². The normalized spacial score (nSPS) is 19.0. The molecule has 0 radical (unpaired) electrons. The summed E-state index contributed by atoms with van der Waals surface area (Å²) < 4.78 is 11.0. The monoisotopic (exact) mass is 355 g/mol. The fraction of sp³-hybridized carbons (Fsp3) is 0.500. The Kier molecular flexibility index (Phi) is 5.20. The predicted octanol–water partition coefficient (Wildman–Crippen LogP) is 2.95. The van der Waals surface area contributed by atoms with E-state index in [0.29, 0.717) is 11.6 Å².